The molecule has 0 unspecified atom stereocenters. The Hall–Kier alpha value is -1.29. The minimum absolute atomic E-state index is 0.00185. The number of carbonyl (C=O) groups is 1. The summed E-state index contributed by atoms with van der Waals surface area (Å²) in [6.07, 6.45) is 3.42. The van der Waals surface area contributed by atoms with Crippen molar-refractivity contribution in [1.82, 2.24) is 4.90 Å². The highest BCUT2D eigenvalue weighted by molar-refractivity contribution is 6.03. The van der Waals surface area contributed by atoms with Gasteiger partial charge in [-0.3, -0.25) is 9.69 Å². The quantitative estimate of drug-likeness (QED) is 0.765. The summed E-state index contributed by atoms with van der Waals surface area (Å²) in [5.74, 6) is -1.64. The molecule has 0 spiro atoms. The molecular weight excluding hydrogens is 260 g/mol. The standard InChI is InChI=1S/C16H21F2NO/c1-3-16(4-2,19-9-5-6-10-19)15(20)13-8-7-12(17)11-14(13)18/h7-8,11H,3-6,9-10H2,1-2H3. The molecule has 1 aromatic rings. The molecule has 20 heavy (non-hydrogen) atoms. The van der Waals surface area contributed by atoms with E-state index in [1.54, 1.807) is 0 Å². The van der Waals surface area contributed by atoms with Crippen LogP contribution < -0.4 is 0 Å². The number of rotatable bonds is 5. The highest BCUT2D eigenvalue weighted by Gasteiger charge is 2.42. The van der Waals surface area contributed by atoms with Gasteiger partial charge in [0.2, 0.25) is 0 Å². The first-order valence-electron chi connectivity index (χ1n) is 7.30. The lowest BCUT2D eigenvalue weighted by molar-refractivity contribution is 0.0577. The third kappa shape index (κ3) is 2.49. The summed E-state index contributed by atoms with van der Waals surface area (Å²) in [5.41, 5.74) is -0.656. The number of carbonyl (C=O) groups excluding carboxylic acids is 1. The fourth-order valence-electron chi connectivity index (χ4n) is 3.23. The molecule has 0 atom stereocenters. The largest absolute Gasteiger partial charge is 0.292 e. The topological polar surface area (TPSA) is 20.3 Å². The highest BCUT2D eigenvalue weighted by Crippen LogP contribution is 2.32. The van der Waals surface area contributed by atoms with Gasteiger partial charge in [-0.2, -0.15) is 0 Å². The predicted octanol–water partition coefficient (Wildman–Crippen LogP) is 3.80. The van der Waals surface area contributed by atoms with Crippen molar-refractivity contribution in [2.75, 3.05) is 13.1 Å². The van der Waals surface area contributed by atoms with E-state index in [2.05, 4.69) is 4.90 Å². The molecule has 2 rings (SSSR count). The molecule has 0 amide bonds. The van der Waals surface area contributed by atoms with Gasteiger partial charge >= 0.3 is 0 Å². The monoisotopic (exact) mass is 281 g/mol. The van der Waals surface area contributed by atoms with Crippen molar-refractivity contribution in [3.8, 4) is 0 Å². The van der Waals surface area contributed by atoms with Gasteiger partial charge in [-0.05, 0) is 50.9 Å². The second kappa shape index (κ2) is 6.00. The van der Waals surface area contributed by atoms with Gasteiger partial charge in [0.25, 0.3) is 0 Å². The zero-order valence-electron chi connectivity index (χ0n) is 12.1. The fraction of sp³-hybridized carbons (Fsp3) is 0.562. The Morgan fingerprint density at radius 3 is 2.30 bits per heavy atom. The molecule has 0 bridgehead atoms. The summed E-state index contributed by atoms with van der Waals surface area (Å²) < 4.78 is 26.9. The molecule has 4 heteroatoms. The molecule has 2 nitrogen and oxygen atoms in total. The van der Waals surface area contributed by atoms with Crippen molar-refractivity contribution in [1.29, 1.82) is 0 Å². The molecule has 1 aliphatic heterocycles. The summed E-state index contributed by atoms with van der Waals surface area (Å²) in [4.78, 5) is 15.0. The van der Waals surface area contributed by atoms with E-state index in [1.165, 1.54) is 6.07 Å². The minimum Gasteiger partial charge on any atom is -0.292 e. The molecule has 0 aliphatic carbocycles. The number of likely N-dealkylation sites (tertiary alicyclic amines) is 1. The first kappa shape index (κ1) is 15.1. The molecule has 1 aliphatic rings. The maximum absolute atomic E-state index is 13.9. The molecular formula is C16H21F2NO. The van der Waals surface area contributed by atoms with Crippen molar-refractivity contribution < 1.29 is 13.6 Å². The number of hydrogen-bond donors (Lipinski definition) is 0. The fourth-order valence-corrected chi connectivity index (χ4v) is 3.23. The smallest absolute Gasteiger partial charge is 0.185 e. The normalized spacial score (nSPS) is 16.6. The lowest BCUT2D eigenvalue weighted by Crippen LogP contribution is -2.53. The molecule has 1 saturated heterocycles. The molecule has 0 N–H and O–H groups in total. The lowest BCUT2D eigenvalue weighted by Gasteiger charge is -2.39. The van der Waals surface area contributed by atoms with E-state index in [0.717, 1.165) is 38.1 Å². The van der Waals surface area contributed by atoms with Crippen LogP contribution in [0.2, 0.25) is 0 Å². The van der Waals surface area contributed by atoms with Gasteiger partial charge in [0.1, 0.15) is 11.6 Å². The Morgan fingerprint density at radius 1 is 1.20 bits per heavy atom. The van der Waals surface area contributed by atoms with Crippen LogP contribution in [0.15, 0.2) is 18.2 Å². The third-order valence-electron chi connectivity index (χ3n) is 4.48. The summed E-state index contributed by atoms with van der Waals surface area (Å²) in [5, 5.41) is 0. The number of ketones is 1. The van der Waals surface area contributed by atoms with Crippen molar-refractivity contribution in [3.63, 3.8) is 0 Å². The highest BCUT2D eigenvalue weighted by atomic mass is 19.1. The van der Waals surface area contributed by atoms with Crippen molar-refractivity contribution in [2.45, 2.75) is 45.1 Å². The van der Waals surface area contributed by atoms with Crippen LogP contribution in [0.1, 0.15) is 49.9 Å². The zero-order chi connectivity index (χ0) is 14.8. The van der Waals surface area contributed by atoms with Crippen LogP contribution in [0.25, 0.3) is 0 Å². The van der Waals surface area contributed by atoms with Gasteiger partial charge in [-0.15, -0.1) is 0 Å². The second-order valence-electron chi connectivity index (χ2n) is 5.39. The van der Waals surface area contributed by atoms with Gasteiger partial charge in [0, 0.05) is 6.07 Å². The second-order valence-corrected chi connectivity index (χ2v) is 5.39. The van der Waals surface area contributed by atoms with Crippen LogP contribution in [0.4, 0.5) is 8.78 Å². The summed E-state index contributed by atoms with van der Waals surface area (Å²) in [7, 11) is 0. The Morgan fingerprint density at radius 2 is 1.80 bits per heavy atom. The van der Waals surface area contributed by atoms with Crippen molar-refractivity contribution in [3.05, 3.63) is 35.4 Å². The number of nitrogens with zero attached hydrogens (tertiary/aromatic N) is 1. The molecule has 1 aromatic carbocycles. The van der Waals surface area contributed by atoms with E-state index in [4.69, 9.17) is 0 Å². The average molecular weight is 281 g/mol. The van der Waals surface area contributed by atoms with Crippen LogP contribution in [0.5, 0.6) is 0 Å². The van der Waals surface area contributed by atoms with Crippen LogP contribution >= 0.6 is 0 Å². The van der Waals surface area contributed by atoms with E-state index < -0.39 is 17.2 Å². The average Bonchev–Trinajstić information content (AvgIpc) is 2.95. The molecule has 0 radical (unpaired) electrons. The van der Waals surface area contributed by atoms with Crippen LogP contribution in [-0.2, 0) is 0 Å². The lowest BCUT2D eigenvalue weighted by atomic mass is 9.82. The first-order chi connectivity index (χ1) is 9.55. The van der Waals surface area contributed by atoms with Crippen molar-refractivity contribution in [2.24, 2.45) is 0 Å². The van der Waals surface area contributed by atoms with E-state index >= 15 is 0 Å². The van der Waals surface area contributed by atoms with E-state index in [1.807, 2.05) is 13.8 Å². The third-order valence-corrected chi connectivity index (χ3v) is 4.48. The molecule has 1 fully saturated rings. The van der Waals surface area contributed by atoms with Gasteiger partial charge in [-0.1, -0.05) is 13.8 Å². The SMILES string of the molecule is CCC(CC)(C(=O)c1ccc(F)cc1F)N1CCCC1. The Kier molecular flexibility index (Phi) is 4.53. The predicted molar refractivity (Wildman–Crippen MR) is 74.8 cm³/mol. The van der Waals surface area contributed by atoms with Crippen LogP contribution in [0, 0.1) is 11.6 Å². The number of hydrogen-bond acceptors (Lipinski definition) is 2. The molecule has 0 saturated carbocycles. The maximum atomic E-state index is 13.9. The maximum Gasteiger partial charge on any atom is 0.185 e. The van der Waals surface area contributed by atoms with Gasteiger partial charge in [0.15, 0.2) is 5.78 Å². The Bertz CT molecular complexity index is 491. The Balaban J connectivity index is 2.40. The van der Waals surface area contributed by atoms with Gasteiger partial charge in [0.05, 0.1) is 11.1 Å². The zero-order valence-corrected chi connectivity index (χ0v) is 12.1. The van der Waals surface area contributed by atoms with Crippen LogP contribution in [-0.4, -0.2) is 29.3 Å². The summed E-state index contributed by atoms with van der Waals surface area (Å²) >= 11 is 0. The number of benzene rings is 1. The summed E-state index contributed by atoms with van der Waals surface area (Å²) in [6, 6.07) is 3.20. The first-order valence-corrected chi connectivity index (χ1v) is 7.30. The van der Waals surface area contributed by atoms with Crippen molar-refractivity contribution >= 4 is 5.78 Å². The summed E-state index contributed by atoms with van der Waals surface area (Å²) in [6.45, 7) is 5.66. The van der Waals surface area contributed by atoms with E-state index in [-0.39, 0.29) is 11.3 Å². The van der Waals surface area contributed by atoms with Crippen LogP contribution in [0.3, 0.4) is 0 Å². The number of halogens is 2. The molecule has 110 valence electrons. The van der Waals surface area contributed by atoms with Gasteiger partial charge < -0.3 is 0 Å². The van der Waals surface area contributed by atoms with Gasteiger partial charge in [-0.25, -0.2) is 8.78 Å². The molecule has 1 heterocycles. The molecule has 0 aromatic heterocycles. The minimum atomic E-state index is -0.763. The van der Waals surface area contributed by atoms with E-state index in [0.29, 0.717) is 12.8 Å². The van der Waals surface area contributed by atoms with E-state index in [9.17, 15) is 13.6 Å². The Labute approximate surface area is 118 Å². The number of Topliss-reactive ketones (excluding diaryl/α,β-unsaturated/α-hetero) is 1.